The minimum atomic E-state index is -4.64. The maximum Gasteiger partial charge on any atom is 0.466 e. The van der Waals surface area contributed by atoms with Crippen molar-refractivity contribution in [1.82, 2.24) is 0 Å². The molecule has 0 atom stereocenters. The molecule has 7 N–H and O–H groups in total. The molecule has 0 fully saturated rings. The number of hydrogen-bond donors (Lipinski definition) is 5. The Kier molecular flexibility index (Phi) is 6.39. The highest BCUT2D eigenvalue weighted by Gasteiger charge is 2.01. The highest BCUT2D eigenvalue weighted by atomic mass is 31.2. The zero-order valence-corrected chi connectivity index (χ0v) is 12.3. The summed E-state index contributed by atoms with van der Waals surface area (Å²) in [5.41, 5.74) is 15.9. The number of para-hydroxylation sites is 2. The SMILES string of the molecule is Nc1ccccc1CCc1ccccc1N.O=P(O)(O)O. The number of anilines is 2. The van der Waals surface area contributed by atoms with Crippen molar-refractivity contribution < 1.29 is 19.2 Å². The van der Waals surface area contributed by atoms with Gasteiger partial charge >= 0.3 is 7.82 Å². The van der Waals surface area contributed by atoms with Crippen LogP contribution in [0.25, 0.3) is 0 Å². The predicted molar refractivity (Wildman–Crippen MR) is 83.4 cm³/mol. The predicted octanol–water partition coefficient (Wildman–Crippen LogP) is 1.71. The van der Waals surface area contributed by atoms with Crippen LogP contribution in [0.5, 0.6) is 0 Å². The van der Waals surface area contributed by atoms with Crippen LogP contribution in [-0.4, -0.2) is 14.7 Å². The number of hydrogen-bond acceptors (Lipinski definition) is 3. The zero-order valence-electron chi connectivity index (χ0n) is 11.4. The van der Waals surface area contributed by atoms with Gasteiger partial charge in [-0.05, 0) is 36.1 Å². The summed E-state index contributed by atoms with van der Waals surface area (Å²) in [6, 6.07) is 15.9. The van der Waals surface area contributed by atoms with E-state index in [1.165, 1.54) is 11.1 Å². The Morgan fingerprint density at radius 2 is 1.05 bits per heavy atom. The maximum atomic E-state index is 8.88. The number of nitrogens with two attached hydrogens (primary N) is 2. The summed E-state index contributed by atoms with van der Waals surface area (Å²) in [5, 5.41) is 0. The van der Waals surface area contributed by atoms with E-state index >= 15 is 0 Å². The maximum absolute atomic E-state index is 8.88. The molecule has 0 saturated heterocycles. The van der Waals surface area contributed by atoms with Gasteiger partial charge in [0.05, 0.1) is 0 Å². The van der Waals surface area contributed by atoms with E-state index in [9.17, 15) is 0 Å². The van der Waals surface area contributed by atoms with Crippen LogP contribution in [0.4, 0.5) is 11.4 Å². The zero-order chi connectivity index (χ0) is 15.9. The van der Waals surface area contributed by atoms with Gasteiger partial charge in [0.2, 0.25) is 0 Å². The molecule has 7 heteroatoms. The van der Waals surface area contributed by atoms with Crippen molar-refractivity contribution in [3.8, 4) is 0 Å². The first-order valence-electron chi connectivity index (χ1n) is 6.22. The molecular formula is C14H19N2O4P. The molecule has 2 rings (SSSR count). The summed E-state index contributed by atoms with van der Waals surface area (Å²) < 4.78 is 8.88. The Morgan fingerprint density at radius 3 is 1.33 bits per heavy atom. The molecule has 0 amide bonds. The summed E-state index contributed by atoms with van der Waals surface area (Å²) in [7, 11) is -4.64. The molecule has 6 nitrogen and oxygen atoms in total. The smallest absolute Gasteiger partial charge is 0.399 e. The first kappa shape index (κ1) is 17.2. The van der Waals surface area contributed by atoms with Gasteiger partial charge < -0.3 is 26.1 Å². The van der Waals surface area contributed by atoms with E-state index in [4.69, 9.17) is 30.7 Å². The quantitative estimate of drug-likeness (QED) is 0.433. The van der Waals surface area contributed by atoms with Crippen molar-refractivity contribution in [2.24, 2.45) is 0 Å². The highest BCUT2D eigenvalue weighted by Crippen LogP contribution is 2.25. The molecule has 0 bridgehead atoms. The Balaban J connectivity index is 0.000000383. The second kappa shape index (κ2) is 7.81. The number of nitrogen functional groups attached to an aromatic ring is 2. The van der Waals surface area contributed by atoms with E-state index in [1.807, 2.05) is 36.4 Å². The minimum Gasteiger partial charge on any atom is -0.399 e. The summed E-state index contributed by atoms with van der Waals surface area (Å²) in [4.78, 5) is 21.6. The molecule has 0 aliphatic heterocycles. The molecular weight excluding hydrogens is 291 g/mol. The van der Waals surface area contributed by atoms with Gasteiger partial charge in [0.1, 0.15) is 0 Å². The highest BCUT2D eigenvalue weighted by molar-refractivity contribution is 7.45. The molecule has 2 aromatic rings. The van der Waals surface area contributed by atoms with E-state index in [0.29, 0.717) is 0 Å². The molecule has 0 saturated carbocycles. The van der Waals surface area contributed by atoms with Crippen molar-refractivity contribution in [1.29, 1.82) is 0 Å². The lowest BCUT2D eigenvalue weighted by Gasteiger charge is -2.07. The van der Waals surface area contributed by atoms with Gasteiger partial charge in [-0.15, -0.1) is 0 Å². The number of aryl methyl sites for hydroxylation is 2. The third-order valence-corrected chi connectivity index (χ3v) is 2.77. The normalized spacial score (nSPS) is 10.6. The lowest BCUT2D eigenvalue weighted by molar-refractivity contribution is 0.275. The van der Waals surface area contributed by atoms with Gasteiger partial charge in [-0.2, -0.15) is 0 Å². The first-order valence-corrected chi connectivity index (χ1v) is 7.79. The summed E-state index contributed by atoms with van der Waals surface area (Å²) in [6.07, 6.45) is 1.86. The number of rotatable bonds is 3. The summed E-state index contributed by atoms with van der Waals surface area (Å²) in [5.74, 6) is 0. The Hall–Kier alpha value is -1.85. The molecule has 0 radical (unpaired) electrons. The lowest BCUT2D eigenvalue weighted by Crippen LogP contribution is -1.99. The third kappa shape index (κ3) is 7.48. The van der Waals surface area contributed by atoms with Gasteiger partial charge in [-0.25, -0.2) is 4.57 Å². The van der Waals surface area contributed by atoms with Crippen LogP contribution < -0.4 is 11.5 Å². The van der Waals surface area contributed by atoms with E-state index in [-0.39, 0.29) is 0 Å². The Bertz CT molecular complexity index is 574. The summed E-state index contributed by atoms with van der Waals surface area (Å²) in [6.45, 7) is 0. The second-order valence-corrected chi connectivity index (χ2v) is 5.44. The Morgan fingerprint density at radius 1 is 0.762 bits per heavy atom. The van der Waals surface area contributed by atoms with Crippen LogP contribution in [0.15, 0.2) is 48.5 Å². The molecule has 0 aliphatic carbocycles. The molecule has 0 spiro atoms. The van der Waals surface area contributed by atoms with Gasteiger partial charge in [0.15, 0.2) is 0 Å². The molecule has 21 heavy (non-hydrogen) atoms. The fraction of sp³-hybridized carbons (Fsp3) is 0.143. The largest absolute Gasteiger partial charge is 0.466 e. The van der Waals surface area contributed by atoms with E-state index in [2.05, 4.69) is 12.1 Å². The van der Waals surface area contributed by atoms with E-state index in [0.717, 1.165) is 24.2 Å². The van der Waals surface area contributed by atoms with Crippen molar-refractivity contribution in [2.45, 2.75) is 12.8 Å². The van der Waals surface area contributed by atoms with Crippen molar-refractivity contribution in [3.05, 3.63) is 59.7 Å². The molecule has 114 valence electrons. The fourth-order valence-corrected chi connectivity index (χ4v) is 1.79. The average molecular weight is 310 g/mol. The summed E-state index contributed by atoms with van der Waals surface area (Å²) >= 11 is 0. The fourth-order valence-electron chi connectivity index (χ4n) is 1.79. The first-order chi connectivity index (χ1) is 9.77. The topological polar surface area (TPSA) is 130 Å². The van der Waals surface area contributed by atoms with Gasteiger partial charge in [-0.3, -0.25) is 0 Å². The lowest BCUT2D eigenvalue weighted by atomic mass is 10.0. The number of phosphoric acid groups is 1. The van der Waals surface area contributed by atoms with Crippen molar-refractivity contribution >= 4 is 19.2 Å². The Labute approximate surface area is 123 Å². The van der Waals surface area contributed by atoms with Crippen LogP contribution in [-0.2, 0) is 17.4 Å². The van der Waals surface area contributed by atoms with Crippen LogP contribution in [0.1, 0.15) is 11.1 Å². The number of benzene rings is 2. The molecule has 0 unspecified atom stereocenters. The van der Waals surface area contributed by atoms with E-state index in [1.54, 1.807) is 0 Å². The third-order valence-electron chi connectivity index (χ3n) is 2.77. The van der Waals surface area contributed by atoms with Crippen LogP contribution in [0, 0.1) is 0 Å². The van der Waals surface area contributed by atoms with Crippen LogP contribution in [0.3, 0.4) is 0 Å². The monoisotopic (exact) mass is 310 g/mol. The van der Waals surface area contributed by atoms with Crippen LogP contribution >= 0.6 is 7.82 Å². The molecule has 2 aromatic carbocycles. The van der Waals surface area contributed by atoms with Crippen LogP contribution in [0.2, 0.25) is 0 Å². The van der Waals surface area contributed by atoms with Crippen molar-refractivity contribution in [2.75, 3.05) is 11.5 Å². The molecule has 0 aliphatic rings. The molecule has 0 aromatic heterocycles. The van der Waals surface area contributed by atoms with Gasteiger partial charge in [-0.1, -0.05) is 36.4 Å². The molecule has 0 heterocycles. The second-order valence-electron chi connectivity index (χ2n) is 4.41. The average Bonchev–Trinajstić information content (AvgIpc) is 2.37. The van der Waals surface area contributed by atoms with Crippen molar-refractivity contribution in [3.63, 3.8) is 0 Å². The van der Waals surface area contributed by atoms with Gasteiger partial charge in [0, 0.05) is 11.4 Å². The van der Waals surface area contributed by atoms with Gasteiger partial charge in [0.25, 0.3) is 0 Å². The van der Waals surface area contributed by atoms with E-state index < -0.39 is 7.82 Å². The standard InChI is InChI=1S/C14H16N2.H3O4P/c15-13-7-3-1-5-11(13)9-10-12-6-2-4-8-14(12)16;1-5(2,3)4/h1-8H,9-10,15-16H2;(H3,1,2,3,4). The minimum absolute atomic E-state index is 0.858.